The first-order valence-electron chi connectivity index (χ1n) is 3.14. The summed E-state index contributed by atoms with van der Waals surface area (Å²) in [6, 6.07) is 0. The lowest BCUT2D eigenvalue weighted by molar-refractivity contribution is 0.318. The van der Waals surface area contributed by atoms with Gasteiger partial charge >= 0.3 is 0 Å². The van der Waals surface area contributed by atoms with Crippen molar-refractivity contribution in [2.45, 2.75) is 6.92 Å². The molecule has 0 bridgehead atoms. The quantitative estimate of drug-likeness (QED) is 0.507. The van der Waals surface area contributed by atoms with Gasteiger partial charge in [0.2, 0.25) is 0 Å². The van der Waals surface area contributed by atoms with Gasteiger partial charge in [-0.1, -0.05) is 0 Å². The lowest BCUT2D eigenvalue weighted by Gasteiger charge is -1.84. The molecule has 0 radical (unpaired) electrons. The first kappa shape index (κ1) is 11.6. The molecule has 1 heterocycles. The standard InChI is InChI=1S/C3H3N3S3.C2H6O/c7-1-4-2(8)6-3(9)5-1;1-2-3/h(H3,4,5,6,7,8,9);3H,2H2,1H3. The SMILES string of the molecule is CCO.S=c1[nH]c(=S)[nH]c(=S)[nH]1. The van der Waals surface area contributed by atoms with Gasteiger partial charge in [0.25, 0.3) is 0 Å². The Balaban J connectivity index is 0.000000354. The molecule has 1 rings (SSSR count). The van der Waals surface area contributed by atoms with E-state index in [9.17, 15) is 0 Å². The summed E-state index contributed by atoms with van der Waals surface area (Å²) in [6.07, 6.45) is 0. The fourth-order valence-electron chi connectivity index (χ4n) is 0.403. The highest BCUT2D eigenvalue weighted by molar-refractivity contribution is 7.72. The molecule has 7 heteroatoms. The van der Waals surface area contributed by atoms with Crippen molar-refractivity contribution in [2.75, 3.05) is 6.61 Å². The summed E-state index contributed by atoms with van der Waals surface area (Å²) in [5, 5.41) is 7.57. The van der Waals surface area contributed by atoms with E-state index in [1.807, 2.05) is 0 Å². The van der Waals surface area contributed by atoms with E-state index in [0.29, 0.717) is 14.3 Å². The summed E-state index contributed by atoms with van der Waals surface area (Å²) >= 11 is 14.2. The number of aromatic amines is 3. The Morgan fingerprint density at radius 2 is 1.17 bits per heavy atom. The molecule has 0 unspecified atom stereocenters. The summed E-state index contributed by atoms with van der Waals surface area (Å²) in [4.78, 5) is 7.99. The summed E-state index contributed by atoms with van der Waals surface area (Å²) in [5.41, 5.74) is 0. The van der Waals surface area contributed by atoms with Crippen molar-refractivity contribution in [1.29, 1.82) is 0 Å². The normalized spacial score (nSPS) is 8.50. The molecular weight excluding hydrogens is 214 g/mol. The fraction of sp³-hybridized carbons (Fsp3) is 0.400. The minimum atomic E-state index is 0.250. The molecule has 0 aliphatic heterocycles. The van der Waals surface area contributed by atoms with Crippen LogP contribution in [0.5, 0.6) is 0 Å². The fourth-order valence-corrected chi connectivity index (χ4v) is 1.21. The van der Waals surface area contributed by atoms with Crippen LogP contribution in [-0.2, 0) is 0 Å². The highest BCUT2D eigenvalue weighted by Gasteiger charge is 1.76. The molecule has 1 aromatic heterocycles. The minimum Gasteiger partial charge on any atom is -0.397 e. The van der Waals surface area contributed by atoms with Crippen LogP contribution in [0.15, 0.2) is 0 Å². The Morgan fingerprint density at radius 1 is 1.00 bits per heavy atom. The van der Waals surface area contributed by atoms with Gasteiger partial charge in [0.15, 0.2) is 14.3 Å². The van der Waals surface area contributed by atoms with E-state index in [0.717, 1.165) is 0 Å². The molecule has 12 heavy (non-hydrogen) atoms. The second-order valence-corrected chi connectivity index (χ2v) is 2.90. The third-order valence-electron chi connectivity index (χ3n) is 0.681. The molecule has 0 aliphatic rings. The van der Waals surface area contributed by atoms with Crippen molar-refractivity contribution in [3.63, 3.8) is 0 Å². The minimum absolute atomic E-state index is 0.250. The molecule has 1 aromatic rings. The molecule has 0 saturated heterocycles. The first-order chi connectivity index (χ1) is 5.60. The summed E-state index contributed by atoms with van der Waals surface area (Å²) in [5.74, 6) is 0. The average Bonchev–Trinajstić information content (AvgIpc) is 1.84. The zero-order valence-electron chi connectivity index (χ0n) is 6.38. The molecule has 0 amide bonds. The summed E-state index contributed by atoms with van der Waals surface area (Å²) in [6.45, 7) is 1.93. The smallest absolute Gasteiger partial charge is 0.178 e. The summed E-state index contributed by atoms with van der Waals surface area (Å²) in [7, 11) is 0. The monoisotopic (exact) mass is 223 g/mol. The van der Waals surface area contributed by atoms with Crippen molar-refractivity contribution < 1.29 is 5.11 Å². The van der Waals surface area contributed by atoms with Crippen LogP contribution in [-0.4, -0.2) is 26.7 Å². The molecule has 68 valence electrons. The lowest BCUT2D eigenvalue weighted by atomic mass is 10.9. The van der Waals surface area contributed by atoms with Crippen molar-refractivity contribution in [3.05, 3.63) is 14.3 Å². The highest BCUT2D eigenvalue weighted by atomic mass is 32.1. The zero-order valence-corrected chi connectivity index (χ0v) is 8.83. The highest BCUT2D eigenvalue weighted by Crippen LogP contribution is 1.79. The van der Waals surface area contributed by atoms with E-state index in [2.05, 4.69) is 15.0 Å². The predicted octanol–water partition coefficient (Wildman–Crippen LogP) is 1.86. The molecule has 0 fully saturated rings. The van der Waals surface area contributed by atoms with E-state index in [-0.39, 0.29) is 6.61 Å². The number of nitrogens with one attached hydrogen (secondary N) is 3. The molecular formula is C5H9N3OS3. The van der Waals surface area contributed by atoms with E-state index in [4.69, 9.17) is 41.8 Å². The topological polar surface area (TPSA) is 67.6 Å². The Morgan fingerprint density at radius 3 is 1.33 bits per heavy atom. The number of rotatable bonds is 0. The number of aliphatic hydroxyl groups is 1. The van der Waals surface area contributed by atoms with Gasteiger partial charge in [-0.25, -0.2) is 0 Å². The molecule has 4 nitrogen and oxygen atoms in total. The van der Waals surface area contributed by atoms with Gasteiger partial charge in [0.1, 0.15) is 0 Å². The van der Waals surface area contributed by atoms with Gasteiger partial charge in [0, 0.05) is 6.61 Å². The van der Waals surface area contributed by atoms with Crippen LogP contribution in [0.3, 0.4) is 0 Å². The van der Waals surface area contributed by atoms with Gasteiger partial charge in [0.05, 0.1) is 0 Å². The van der Waals surface area contributed by atoms with Crippen molar-refractivity contribution in [2.24, 2.45) is 0 Å². The molecule has 0 atom stereocenters. The molecule has 0 saturated carbocycles. The molecule has 0 aromatic carbocycles. The third kappa shape index (κ3) is 5.30. The van der Waals surface area contributed by atoms with Gasteiger partial charge in [-0.05, 0) is 43.6 Å². The first-order valence-corrected chi connectivity index (χ1v) is 4.36. The van der Waals surface area contributed by atoms with Gasteiger partial charge in [-0.2, -0.15) is 0 Å². The number of H-pyrrole nitrogens is 3. The van der Waals surface area contributed by atoms with Crippen molar-refractivity contribution in [1.82, 2.24) is 15.0 Å². The van der Waals surface area contributed by atoms with Gasteiger partial charge in [-0.3, -0.25) is 0 Å². The Hall–Kier alpha value is -0.370. The van der Waals surface area contributed by atoms with Gasteiger partial charge in [-0.15, -0.1) is 0 Å². The van der Waals surface area contributed by atoms with Crippen LogP contribution in [0.2, 0.25) is 0 Å². The number of hydrogen-bond acceptors (Lipinski definition) is 4. The summed E-state index contributed by atoms with van der Waals surface area (Å²) < 4.78 is 1.34. The van der Waals surface area contributed by atoms with E-state index in [1.54, 1.807) is 6.92 Å². The zero-order chi connectivity index (χ0) is 9.56. The van der Waals surface area contributed by atoms with Crippen LogP contribution in [0.4, 0.5) is 0 Å². The number of aliphatic hydroxyl groups excluding tert-OH is 1. The van der Waals surface area contributed by atoms with Gasteiger partial charge < -0.3 is 20.1 Å². The molecule has 4 N–H and O–H groups in total. The maximum absolute atomic E-state index is 7.57. The Labute approximate surface area is 84.7 Å². The van der Waals surface area contributed by atoms with E-state index in [1.165, 1.54) is 0 Å². The molecule has 0 aliphatic carbocycles. The van der Waals surface area contributed by atoms with Crippen molar-refractivity contribution in [3.8, 4) is 0 Å². The lowest BCUT2D eigenvalue weighted by Crippen LogP contribution is -1.86. The Kier molecular flexibility index (Phi) is 5.99. The second kappa shape index (κ2) is 6.18. The van der Waals surface area contributed by atoms with Crippen LogP contribution in [0, 0.1) is 14.3 Å². The van der Waals surface area contributed by atoms with Crippen molar-refractivity contribution >= 4 is 36.7 Å². The van der Waals surface area contributed by atoms with Crippen LogP contribution in [0.25, 0.3) is 0 Å². The second-order valence-electron chi connectivity index (χ2n) is 1.68. The Bertz CT molecular complexity index is 298. The van der Waals surface area contributed by atoms with Crippen LogP contribution < -0.4 is 0 Å². The maximum Gasteiger partial charge on any atom is 0.178 e. The largest absolute Gasteiger partial charge is 0.397 e. The predicted molar refractivity (Wildman–Crippen MR) is 54.8 cm³/mol. The van der Waals surface area contributed by atoms with E-state index < -0.39 is 0 Å². The van der Waals surface area contributed by atoms with Crippen LogP contribution >= 0.6 is 36.7 Å². The van der Waals surface area contributed by atoms with Crippen LogP contribution in [0.1, 0.15) is 6.92 Å². The third-order valence-corrected chi connectivity index (χ3v) is 1.29. The maximum atomic E-state index is 7.57. The average molecular weight is 223 g/mol. The number of hydrogen-bond donors (Lipinski definition) is 4. The van der Waals surface area contributed by atoms with E-state index >= 15 is 0 Å². The number of aromatic nitrogens is 3. The molecule has 0 spiro atoms.